The molecule has 0 aliphatic rings. The van der Waals surface area contributed by atoms with Crippen LogP contribution in [0.15, 0.2) is 155 Å². The summed E-state index contributed by atoms with van der Waals surface area (Å²) in [6, 6.07) is 50.7. The van der Waals surface area contributed by atoms with Gasteiger partial charge in [0.2, 0.25) is 0 Å². The van der Waals surface area contributed by atoms with Gasteiger partial charge in [0.05, 0.1) is 11.6 Å². The van der Waals surface area contributed by atoms with E-state index in [2.05, 4.69) is 78.9 Å². The van der Waals surface area contributed by atoms with Crippen LogP contribution in [-0.2, 0) is 4.08 Å². The molecule has 0 N–H and O–H groups in total. The monoisotopic (exact) mass is 541 g/mol. The number of hydrogen-bond donors (Lipinski definition) is 0. The molecule has 0 saturated heterocycles. The fourth-order valence-corrected chi connectivity index (χ4v) is 7.93. The Kier molecular flexibility index (Phi) is 8.63. The van der Waals surface area contributed by atoms with Crippen molar-refractivity contribution < 1.29 is 4.79 Å². The molecule has 0 aliphatic carbocycles. The molecular formula is C35H27NOS2. The summed E-state index contributed by atoms with van der Waals surface area (Å²) in [5.74, 6) is -0.122. The Balaban J connectivity index is 1.73. The zero-order valence-electron chi connectivity index (χ0n) is 21.3. The van der Waals surface area contributed by atoms with E-state index in [4.69, 9.17) is 0 Å². The van der Waals surface area contributed by atoms with Crippen LogP contribution in [0, 0.1) is 11.3 Å². The van der Waals surface area contributed by atoms with Gasteiger partial charge in [0.1, 0.15) is 4.08 Å². The lowest BCUT2D eigenvalue weighted by Gasteiger charge is -2.41. The van der Waals surface area contributed by atoms with Gasteiger partial charge in [-0.1, -0.05) is 109 Å². The van der Waals surface area contributed by atoms with Gasteiger partial charge in [-0.2, -0.15) is 5.26 Å². The predicted molar refractivity (Wildman–Crippen MR) is 162 cm³/mol. The molecule has 0 aromatic heterocycles. The van der Waals surface area contributed by atoms with Crippen molar-refractivity contribution in [2.75, 3.05) is 0 Å². The average molecular weight is 542 g/mol. The van der Waals surface area contributed by atoms with E-state index in [-0.39, 0.29) is 11.7 Å². The van der Waals surface area contributed by atoms with Crippen LogP contribution in [0.5, 0.6) is 0 Å². The average Bonchev–Trinajstić information content (AvgIpc) is 3.01. The van der Waals surface area contributed by atoms with Crippen molar-refractivity contribution in [3.8, 4) is 6.07 Å². The van der Waals surface area contributed by atoms with Crippen LogP contribution in [0.3, 0.4) is 0 Å². The van der Waals surface area contributed by atoms with E-state index in [1.54, 1.807) is 23.5 Å². The number of hydrogen-bond acceptors (Lipinski definition) is 4. The Hall–Kier alpha value is -4.04. The molecule has 4 heteroatoms. The topological polar surface area (TPSA) is 40.9 Å². The molecule has 5 rings (SSSR count). The van der Waals surface area contributed by atoms with Crippen LogP contribution >= 0.6 is 23.5 Å². The molecular weight excluding hydrogens is 515 g/mol. The molecule has 0 aliphatic heterocycles. The van der Waals surface area contributed by atoms with Gasteiger partial charge in [0.15, 0.2) is 5.78 Å². The highest BCUT2D eigenvalue weighted by atomic mass is 32.2. The van der Waals surface area contributed by atoms with Crippen LogP contribution in [0.4, 0.5) is 0 Å². The lowest BCUT2D eigenvalue weighted by Crippen LogP contribution is -2.29. The number of benzene rings is 5. The second-order valence-corrected chi connectivity index (χ2v) is 12.0. The first-order valence-corrected chi connectivity index (χ1v) is 14.4. The van der Waals surface area contributed by atoms with E-state index in [0.717, 1.165) is 20.9 Å². The zero-order valence-corrected chi connectivity index (χ0v) is 22.9. The van der Waals surface area contributed by atoms with E-state index in [0.29, 0.717) is 17.5 Å². The molecule has 2 nitrogen and oxygen atoms in total. The van der Waals surface area contributed by atoms with E-state index >= 15 is 0 Å². The maximum atomic E-state index is 13.9. The smallest absolute Gasteiger partial charge is 0.163 e. The van der Waals surface area contributed by atoms with Crippen molar-refractivity contribution in [3.63, 3.8) is 0 Å². The van der Waals surface area contributed by atoms with E-state index in [1.807, 2.05) is 72.8 Å². The fraction of sp³-hybridized carbons (Fsp3) is 0.0857. The third-order valence-electron chi connectivity index (χ3n) is 6.59. The molecule has 0 heterocycles. The first-order chi connectivity index (χ1) is 19.2. The SMILES string of the molecule is N#Cc1ccc(C(CC(=O)c2ccccc2)C(Sc2ccccc2)(Sc2ccccc2)c2ccccc2)cc1. The van der Waals surface area contributed by atoms with Gasteiger partial charge < -0.3 is 0 Å². The second-order valence-electron chi connectivity index (χ2n) is 9.14. The first kappa shape index (κ1) is 26.6. The van der Waals surface area contributed by atoms with Crippen molar-refractivity contribution in [1.82, 2.24) is 0 Å². The Morgan fingerprint density at radius 3 is 1.59 bits per heavy atom. The molecule has 190 valence electrons. The molecule has 0 bridgehead atoms. The number of carbonyl (C=O) groups excluding carboxylic acids is 1. The number of Topliss-reactive ketones (excluding diaryl/α,β-unsaturated/α-hetero) is 1. The van der Waals surface area contributed by atoms with Crippen LogP contribution in [0.2, 0.25) is 0 Å². The van der Waals surface area contributed by atoms with Gasteiger partial charge in [0.25, 0.3) is 0 Å². The minimum atomic E-state index is -0.595. The number of carbonyl (C=O) groups is 1. The highest BCUT2D eigenvalue weighted by Crippen LogP contribution is 2.61. The van der Waals surface area contributed by atoms with Gasteiger partial charge in [-0.15, -0.1) is 23.5 Å². The van der Waals surface area contributed by atoms with Crippen LogP contribution in [0.25, 0.3) is 0 Å². The summed E-state index contributed by atoms with van der Waals surface area (Å²) in [6.45, 7) is 0. The predicted octanol–water partition coefficient (Wildman–Crippen LogP) is 9.35. The molecule has 1 atom stereocenters. The lowest BCUT2D eigenvalue weighted by molar-refractivity contribution is 0.0971. The molecule has 0 radical (unpaired) electrons. The fourth-order valence-electron chi connectivity index (χ4n) is 4.67. The Labute approximate surface area is 238 Å². The van der Waals surface area contributed by atoms with Crippen LogP contribution < -0.4 is 0 Å². The molecule has 0 amide bonds. The lowest BCUT2D eigenvalue weighted by atomic mass is 9.85. The number of thioether (sulfide) groups is 2. The van der Waals surface area contributed by atoms with Gasteiger partial charge in [-0.3, -0.25) is 4.79 Å². The largest absolute Gasteiger partial charge is 0.294 e. The Morgan fingerprint density at radius 2 is 1.10 bits per heavy atom. The summed E-state index contributed by atoms with van der Waals surface area (Å²) in [4.78, 5) is 16.1. The van der Waals surface area contributed by atoms with Gasteiger partial charge >= 0.3 is 0 Å². The number of nitrogens with zero attached hydrogens (tertiary/aromatic N) is 1. The van der Waals surface area contributed by atoms with Crippen molar-refractivity contribution in [2.24, 2.45) is 0 Å². The summed E-state index contributed by atoms with van der Waals surface area (Å²) in [5, 5.41) is 9.48. The van der Waals surface area contributed by atoms with Crippen molar-refractivity contribution in [2.45, 2.75) is 26.2 Å². The second kappa shape index (κ2) is 12.7. The maximum Gasteiger partial charge on any atom is 0.163 e. The molecule has 1 unspecified atom stereocenters. The third-order valence-corrected chi connectivity index (χ3v) is 9.75. The molecule has 5 aromatic rings. The summed E-state index contributed by atoms with van der Waals surface area (Å²) >= 11 is 3.56. The standard InChI is InChI=1S/C35H27NOS2/c36-26-27-21-23-28(24-22-27)33(25-34(37)29-13-5-1-6-14-29)35(30-15-7-2-8-16-30,38-31-17-9-3-10-18-31)39-32-19-11-4-12-20-32/h1-24,33H,25H2. The van der Waals surface area contributed by atoms with E-state index in [9.17, 15) is 10.1 Å². The molecule has 39 heavy (non-hydrogen) atoms. The van der Waals surface area contributed by atoms with E-state index in [1.165, 1.54) is 0 Å². The van der Waals surface area contributed by atoms with Crippen LogP contribution in [-0.4, -0.2) is 5.78 Å². The van der Waals surface area contributed by atoms with Crippen LogP contribution in [0.1, 0.15) is 39.4 Å². The van der Waals surface area contributed by atoms with Gasteiger partial charge in [0, 0.05) is 27.7 Å². The Morgan fingerprint density at radius 1 is 0.641 bits per heavy atom. The highest BCUT2D eigenvalue weighted by molar-refractivity contribution is 8.17. The van der Waals surface area contributed by atoms with E-state index < -0.39 is 4.08 Å². The highest BCUT2D eigenvalue weighted by Gasteiger charge is 2.44. The minimum Gasteiger partial charge on any atom is -0.294 e. The number of nitriles is 1. The van der Waals surface area contributed by atoms with Crippen molar-refractivity contribution >= 4 is 29.3 Å². The Bertz CT molecular complexity index is 1490. The number of ketones is 1. The first-order valence-electron chi connectivity index (χ1n) is 12.8. The van der Waals surface area contributed by atoms with Crippen molar-refractivity contribution in [3.05, 3.63) is 168 Å². The normalized spacial score (nSPS) is 11.9. The molecule has 5 aromatic carbocycles. The molecule has 0 saturated carbocycles. The summed E-state index contributed by atoms with van der Waals surface area (Å²) < 4.78 is -0.595. The quantitative estimate of drug-likeness (QED) is 0.100. The summed E-state index contributed by atoms with van der Waals surface area (Å²) in [7, 11) is 0. The molecule has 0 fully saturated rings. The van der Waals surface area contributed by atoms with Crippen molar-refractivity contribution in [1.29, 1.82) is 5.26 Å². The minimum absolute atomic E-state index is 0.0904. The van der Waals surface area contributed by atoms with Gasteiger partial charge in [-0.25, -0.2) is 0 Å². The summed E-state index contributed by atoms with van der Waals surface area (Å²) in [6.07, 6.45) is 0.310. The maximum absolute atomic E-state index is 13.9. The zero-order chi connectivity index (χ0) is 26.9. The molecule has 0 spiro atoms. The van der Waals surface area contributed by atoms with Gasteiger partial charge in [-0.05, 0) is 47.5 Å². The summed E-state index contributed by atoms with van der Waals surface area (Å²) in [5.41, 5.74) is 3.45. The third kappa shape index (κ3) is 6.34. The number of rotatable bonds is 10.